The van der Waals surface area contributed by atoms with Gasteiger partial charge in [0.25, 0.3) is 5.91 Å². The minimum atomic E-state index is -3.46. The van der Waals surface area contributed by atoms with E-state index in [2.05, 4.69) is 36.3 Å². The van der Waals surface area contributed by atoms with Crippen LogP contribution in [0.1, 0.15) is 41.7 Å². The van der Waals surface area contributed by atoms with Crippen molar-refractivity contribution < 1.29 is 17.9 Å². The third kappa shape index (κ3) is 5.89. The van der Waals surface area contributed by atoms with E-state index in [0.29, 0.717) is 21.5 Å². The Morgan fingerprint density at radius 3 is 2.26 bits per heavy atom. The van der Waals surface area contributed by atoms with Crippen molar-refractivity contribution in [2.75, 3.05) is 18.2 Å². The van der Waals surface area contributed by atoms with Crippen LogP contribution in [0.25, 0.3) is 0 Å². The number of nitrogens with zero attached hydrogens (tertiary/aromatic N) is 2. The first-order valence-corrected chi connectivity index (χ1v) is 12.2. The Hall–Kier alpha value is -2.78. The van der Waals surface area contributed by atoms with Crippen LogP contribution in [0.3, 0.4) is 0 Å². The molecule has 3 rings (SSSR count). The van der Waals surface area contributed by atoms with Crippen molar-refractivity contribution in [3.63, 3.8) is 0 Å². The van der Waals surface area contributed by atoms with Gasteiger partial charge in [-0.2, -0.15) is 0 Å². The summed E-state index contributed by atoms with van der Waals surface area (Å²) in [7, 11) is -1.94. The van der Waals surface area contributed by atoms with Gasteiger partial charge in [-0.1, -0.05) is 44.2 Å². The van der Waals surface area contributed by atoms with Crippen molar-refractivity contribution in [3.8, 4) is 5.75 Å². The Morgan fingerprint density at radius 2 is 1.68 bits per heavy atom. The average molecular weight is 460 g/mol. The van der Waals surface area contributed by atoms with Gasteiger partial charge < -0.3 is 4.74 Å². The molecule has 0 saturated heterocycles. The van der Waals surface area contributed by atoms with Crippen LogP contribution in [0.4, 0.5) is 5.13 Å². The van der Waals surface area contributed by atoms with Crippen LogP contribution in [0.15, 0.2) is 53.4 Å². The molecule has 164 valence electrons. The normalized spacial score (nSPS) is 11.9. The van der Waals surface area contributed by atoms with E-state index in [1.54, 1.807) is 24.3 Å². The molecule has 0 aliphatic carbocycles. The maximum absolute atomic E-state index is 12.5. The molecule has 1 aromatic heterocycles. The lowest BCUT2D eigenvalue weighted by Gasteiger charge is -2.18. The lowest BCUT2D eigenvalue weighted by molar-refractivity contribution is 0.102. The van der Waals surface area contributed by atoms with E-state index in [4.69, 9.17) is 4.74 Å². The Kier molecular flexibility index (Phi) is 6.76. The zero-order valence-electron chi connectivity index (χ0n) is 17.9. The highest BCUT2D eigenvalue weighted by molar-refractivity contribution is 7.91. The molecule has 9 heteroatoms. The molecular weight excluding hydrogens is 434 g/mol. The van der Waals surface area contributed by atoms with E-state index in [-0.39, 0.29) is 28.4 Å². The zero-order valence-corrected chi connectivity index (χ0v) is 19.5. The van der Waals surface area contributed by atoms with Gasteiger partial charge >= 0.3 is 0 Å². The summed E-state index contributed by atoms with van der Waals surface area (Å²) in [5.74, 6) is 0.210. The number of carbonyl (C=O) groups excluding carboxylic acids is 1. The molecule has 1 N–H and O–H groups in total. The second-order valence-electron chi connectivity index (χ2n) is 8.03. The van der Waals surface area contributed by atoms with Crippen LogP contribution < -0.4 is 10.1 Å². The van der Waals surface area contributed by atoms with E-state index >= 15 is 0 Å². The molecule has 0 saturated carbocycles. The van der Waals surface area contributed by atoms with Gasteiger partial charge in [0, 0.05) is 12.0 Å². The van der Waals surface area contributed by atoms with Gasteiger partial charge in [-0.05, 0) is 47.4 Å². The molecule has 3 aromatic rings. The zero-order chi connectivity index (χ0) is 22.6. The van der Waals surface area contributed by atoms with Crippen molar-refractivity contribution in [1.82, 2.24) is 10.2 Å². The number of carbonyl (C=O) groups is 1. The SMILES string of the molecule is COc1ccc(S(=O)(=O)CCc2nnc(NC(=O)c3ccc(C(C)(C)C)cc3)s2)cc1. The Morgan fingerprint density at radius 1 is 1.03 bits per heavy atom. The topological polar surface area (TPSA) is 98.2 Å². The summed E-state index contributed by atoms with van der Waals surface area (Å²) in [5, 5.41) is 11.6. The number of amides is 1. The predicted octanol–water partition coefficient (Wildman–Crippen LogP) is 4.11. The van der Waals surface area contributed by atoms with Crippen LogP contribution >= 0.6 is 11.3 Å². The fourth-order valence-corrected chi connectivity index (χ4v) is 4.93. The van der Waals surface area contributed by atoms with E-state index in [9.17, 15) is 13.2 Å². The Bertz CT molecular complexity index is 1150. The van der Waals surface area contributed by atoms with Crippen LogP contribution in [0, 0.1) is 0 Å². The third-order valence-corrected chi connectivity index (χ3v) is 7.33. The summed E-state index contributed by atoms with van der Waals surface area (Å²) in [4.78, 5) is 12.7. The molecule has 0 aliphatic heterocycles. The highest BCUT2D eigenvalue weighted by atomic mass is 32.2. The summed E-state index contributed by atoms with van der Waals surface area (Å²) in [5.41, 5.74) is 1.67. The number of benzene rings is 2. The van der Waals surface area contributed by atoms with Gasteiger partial charge in [-0.3, -0.25) is 10.1 Å². The molecule has 0 fully saturated rings. The number of hydrogen-bond acceptors (Lipinski definition) is 7. The second-order valence-corrected chi connectivity index (χ2v) is 11.2. The van der Waals surface area contributed by atoms with E-state index in [1.807, 2.05) is 12.1 Å². The fourth-order valence-electron chi connectivity index (χ4n) is 2.82. The number of sulfone groups is 1. The molecule has 0 bridgehead atoms. The number of aryl methyl sites for hydroxylation is 1. The number of methoxy groups -OCH3 is 1. The van der Waals surface area contributed by atoms with E-state index in [1.165, 1.54) is 30.6 Å². The molecule has 31 heavy (non-hydrogen) atoms. The van der Waals surface area contributed by atoms with Crippen LogP contribution in [-0.4, -0.2) is 37.4 Å². The average Bonchev–Trinajstić information content (AvgIpc) is 3.19. The molecule has 2 aromatic carbocycles. The van der Waals surface area contributed by atoms with Crippen molar-refractivity contribution in [1.29, 1.82) is 0 Å². The standard InChI is InChI=1S/C22H25N3O4S2/c1-22(2,3)16-7-5-15(6-8-16)20(26)23-21-25-24-19(30-21)13-14-31(27,28)18-11-9-17(29-4)10-12-18/h5-12H,13-14H2,1-4H3,(H,23,25,26). The number of ether oxygens (including phenoxy) is 1. The molecule has 7 nitrogen and oxygen atoms in total. The highest BCUT2D eigenvalue weighted by Gasteiger charge is 2.18. The van der Waals surface area contributed by atoms with Gasteiger partial charge in [0.1, 0.15) is 10.8 Å². The van der Waals surface area contributed by atoms with Crippen molar-refractivity contribution in [2.45, 2.75) is 37.5 Å². The first-order chi connectivity index (χ1) is 14.6. The fraction of sp³-hybridized carbons (Fsp3) is 0.318. The van der Waals surface area contributed by atoms with Crippen LogP contribution in [0.2, 0.25) is 0 Å². The quantitative estimate of drug-likeness (QED) is 0.571. The molecule has 0 spiro atoms. The number of nitrogens with one attached hydrogen (secondary N) is 1. The molecule has 0 atom stereocenters. The minimum absolute atomic E-state index is 0.00922. The molecule has 1 amide bonds. The van der Waals surface area contributed by atoms with Crippen molar-refractivity contribution >= 4 is 32.2 Å². The largest absolute Gasteiger partial charge is 0.497 e. The van der Waals surface area contributed by atoms with Gasteiger partial charge in [-0.15, -0.1) is 10.2 Å². The summed E-state index contributed by atoms with van der Waals surface area (Å²) < 4.78 is 30.1. The summed E-state index contributed by atoms with van der Waals surface area (Å²) >= 11 is 1.17. The number of anilines is 1. The molecular formula is C22H25N3O4S2. The van der Waals surface area contributed by atoms with Gasteiger partial charge in [-0.25, -0.2) is 8.42 Å². The van der Waals surface area contributed by atoms with Crippen LogP contribution in [-0.2, 0) is 21.7 Å². The molecule has 0 radical (unpaired) electrons. The van der Waals surface area contributed by atoms with E-state index < -0.39 is 9.84 Å². The van der Waals surface area contributed by atoms with Crippen molar-refractivity contribution in [3.05, 3.63) is 64.7 Å². The van der Waals surface area contributed by atoms with Crippen molar-refractivity contribution in [2.24, 2.45) is 0 Å². The van der Waals surface area contributed by atoms with Gasteiger partial charge in [0.2, 0.25) is 5.13 Å². The first-order valence-electron chi connectivity index (χ1n) is 9.69. The monoisotopic (exact) mass is 459 g/mol. The van der Waals surface area contributed by atoms with Gasteiger partial charge in [0.05, 0.1) is 17.8 Å². The Labute approximate surface area is 186 Å². The molecule has 1 heterocycles. The lowest BCUT2D eigenvalue weighted by Crippen LogP contribution is -2.14. The smallest absolute Gasteiger partial charge is 0.257 e. The van der Waals surface area contributed by atoms with Gasteiger partial charge in [0.15, 0.2) is 9.84 Å². The number of aromatic nitrogens is 2. The van der Waals surface area contributed by atoms with E-state index in [0.717, 1.165) is 5.56 Å². The third-order valence-electron chi connectivity index (χ3n) is 4.70. The number of hydrogen-bond donors (Lipinski definition) is 1. The summed E-state index contributed by atoms with van der Waals surface area (Å²) in [6.45, 7) is 6.33. The maximum Gasteiger partial charge on any atom is 0.257 e. The number of rotatable bonds is 7. The Balaban J connectivity index is 1.60. The molecule has 0 unspecified atom stereocenters. The first kappa shape index (κ1) is 22.9. The predicted molar refractivity (Wildman–Crippen MR) is 122 cm³/mol. The second kappa shape index (κ2) is 9.15. The summed E-state index contributed by atoms with van der Waals surface area (Å²) in [6.07, 6.45) is 0.210. The maximum atomic E-state index is 12.5. The lowest BCUT2D eigenvalue weighted by atomic mass is 9.87. The van der Waals surface area contributed by atoms with Crippen LogP contribution in [0.5, 0.6) is 5.75 Å². The minimum Gasteiger partial charge on any atom is -0.497 e. The highest BCUT2D eigenvalue weighted by Crippen LogP contribution is 2.23. The summed E-state index contributed by atoms with van der Waals surface area (Å²) in [6, 6.07) is 13.7. The molecule has 0 aliphatic rings.